The van der Waals surface area contributed by atoms with Crippen LogP contribution in [0.3, 0.4) is 0 Å². The van der Waals surface area contributed by atoms with E-state index < -0.39 is 37.1 Å². The minimum absolute atomic E-state index is 0. The van der Waals surface area contributed by atoms with Crippen LogP contribution < -0.4 is 20.3 Å². The first-order valence-electron chi connectivity index (χ1n) is 20.3. The van der Waals surface area contributed by atoms with Crippen molar-refractivity contribution in [2.24, 2.45) is 5.92 Å². The molecule has 0 radical (unpaired) electrons. The van der Waals surface area contributed by atoms with Gasteiger partial charge in [0.1, 0.15) is 29.9 Å². The molecule has 7 atom stereocenters. The van der Waals surface area contributed by atoms with E-state index in [-0.39, 0.29) is 53.9 Å². The number of aliphatic hydroxyl groups excluding tert-OH is 6. The predicted molar refractivity (Wildman–Crippen MR) is 219 cm³/mol. The van der Waals surface area contributed by atoms with Crippen molar-refractivity contribution in [1.82, 2.24) is 10.6 Å². The number of carbonyl (C=O) groups is 3. The normalized spacial score (nSPS) is 17.5. The SMILES string of the molecule is COc1ccc([C@@H]2[C@@H](CC[C@H](O)c3ccc(F)cc3)C(=O)N2c2ccc(CNC(=O)CCCCCCCCCCC(=O)NC[C@H](O)[C@@H](O)[C@H](O)[C@H](O)CO)cc2)cc1.O. The van der Waals surface area contributed by atoms with Gasteiger partial charge in [0.2, 0.25) is 17.7 Å². The molecule has 3 amide bonds. The first-order chi connectivity index (χ1) is 27.9. The molecule has 1 heterocycles. The van der Waals surface area contributed by atoms with Crippen molar-refractivity contribution in [2.75, 3.05) is 25.2 Å². The second kappa shape index (κ2) is 25.2. The first-order valence-corrected chi connectivity index (χ1v) is 20.3. The van der Waals surface area contributed by atoms with E-state index in [1.807, 2.05) is 48.5 Å². The van der Waals surface area contributed by atoms with Gasteiger partial charge < -0.3 is 56.4 Å². The van der Waals surface area contributed by atoms with Gasteiger partial charge in [0, 0.05) is 31.6 Å². The van der Waals surface area contributed by atoms with Crippen molar-refractivity contribution in [3.63, 3.8) is 0 Å². The maximum absolute atomic E-state index is 13.6. The van der Waals surface area contributed by atoms with Gasteiger partial charge >= 0.3 is 0 Å². The number of nitrogens with one attached hydrogen (secondary N) is 2. The summed E-state index contributed by atoms with van der Waals surface area (Å²) in [5, 5.41) is 63.8. The van der Waals surface area contributed by atoms with E-state index in [1.54, 1.807) is 24.1 Å². The summed E-state index contributed by atoms with van der Waals surface area (Å²) < 4.78 is 18.7. The highest BCUT2D eigenvalue weighted by Crippen LogP contribution is 2.46. The standard InChI is InChI=1S/C44H60FN3O10.H2O/c1-58-34-22-16-31(17-23-34)41-35(24-25-36(50)30-14-18-32(45)19-15-30)44(57)48(41)33-20-12-29(13-21-33)26-46-39(53)10-8-6-4-2-3-5-7-9-11-40(54)47-27-37(51)42(55)43(56)38(52)28-49;/h12-23,35-38,41-43,49-52,55-56H,2-11,24-28H2,1H3,(H,46,53)(H,47,54);1H2/t35-,36+,37+,38-,41-,42-,43-;/m1./s1. The molecule has 0 bridgehead atoms. The van der Waals surface area contributed by atoms with Crippen LogP contribution in [0.2, 0.25) is 0 Å². The second-order valence-corrected chi connectivity index (χ2v) is 15.1. The number of anilines is 1. The summed E-state index contributed by atoms with van der Waals surface area (Å²) in [4.78, 5) is 39.9. The summed E-state index contributed by atoms with van der Waals surface area (Å²) in [5.74, 6) is -0.357. The minimum Gasteiger partial charge on any atom is -0.497 e. The molecule has 0 aliphatic carbocycles. The fourth-order valence-electron chi connectivity index (χ4n) is 7.18. The van der Waals surface area contributed by atoms with Crippen LogP contribution in [0.15, 0.2) is 72.8 Å². The third-order valence-electron chi connectivity index (χ3n) is 10.8. The number of aliphatic hydroxyl groups is 6. The number of nitrogens with zero attached hydrogens (tertiary/aromatic N) is 1. The Labute approximate surface area is 345 Å². The minimum atomic E-state index is -1.73. The molecule has 1 aliphatic rings. The molecule has 3 aromatic rings. The number of methoxy groups -OCH3 is 1. The van der Waals surface area contributed by atoms with Crippen molar-refractivity contribution in [3.05, 3.63) is 95.3 Å². The Hall–Kier alpha value is -4.48. The molecule has 10 N–H and O–H groups in total. The molecule has 14 nitrogen and oxygen atoms in total. The lowest BCUT2D eigenvalue weighted by Gasteiger charge is -2.48. The monoisotopic (exact) mass is 827 g/mol. The Bertz CT molecular complexity index is 1700. The number of halogens is 1. The zero-order valence-corrected chi connectivity index (χ0v) is 33.7. The Morgan fingerprint density at radius 3 is 1.85 bits per heavy atom. The topological polar surface area (TPSA) is 241 Å². The highest BCUT2D eigenvalue weighted by Gasteiger charge is 2.48. The summed E-state index contributed by atoms with van der Waals surface area (Å²) >= 11 is 0. The summed E-state index contributed by atoms with van der Waals surface area (Å²) in [7, 11) is 1.60. The Morgan fingerprint density at radius 1 is 0.746 bits per heavy atom. The van der Waals surface area contributed by atoms with Crippen molar-refractivity contribution >= 4 is 23.4 Å². The summed E-state index contributed by atoms with van der Waals surface area (Å²) in [6.07, 6.45) is 1.46. The van der Waals surface area contributed by atoms with Crippen LogP contribution in [0.5, 0.6) is 5.75 Å². The van der Waals surface area contributed by atoms with Gasteiger partial charge in [-0.1, -0.05) is 74.9 Å². The molecule has 0 unspecified atom stereocenters. The smallest absolute Gasteiger partial charge is 0.233 e. The molecule has 3 aromatic carbocycles. The van der Waals surface area contributed by atoms with E-state index in [9.17, 15) is 44.3 Å². The van der Waals surface area contributed by atoms with Crippen molar-refractivity contribution in [2.45, 2.75) is 120 Å². The maximum Gasteiger partial charge on any atom is 0.233 e. The molecule has 1 fully saturated rings. The molecule has 1 saturated heterocycles. The van der Waals surface area contributed by atoms with E-state index >= 15 is 0 Å². The lowest BCUT2D eigenvalue weighted by molar-refractivity contribution is -0.131. The quantitative estimate of drug-likeness (QED) is 0.0434. The summed E-state index contributed by atoms with van der Waals surface area (Å²) in [6.45, 7) is -0.681. The van der Waals surface area contributed by atoms with Crippen LogP contribution >= 0.6 is 0 Å². The molecule has 1 aliphatic heterocycles. The van der Waals surface area contributed by atoms with Gasteiger partial charge in [-0.2, -0.15) is 0 Å². The van der Waals surface area contributed by atoms with Crippen LogP contribution in [0, 0.1) is 11.7 Å². The number of β-lactam (4-membered cyclic amide) rings is 1. The number of rotatable bonds is 26. The Morgan fingerprint density at radius 2 is 1.29 bits per heavy atom. The Kier molecular flexibility index (Phi) is 20.9. The van der Waals surface area contributed by atoms with Gasteiger partial charge in [-0.15, -0.1) is 0 Å². The average Bonchev–Trinajstić information content (AvgIpc) is 3.24. The van der Waals surface area contributed by atoms with Gasteiger partial charge in [0.05, 0.1) is 37.9 Å². The van der Waals surface area contributed by atoms with Crippen LogP contribution in [-0.4, -0.2) is 98.5 Å². The number of hydrogen-bond donors (Lipinski definition) is 8. The molecule has 59 heavy (non-hydrogen) atoms. The largest absolute Gasteiger partial charge is 0.497 e. The number of hydrogen-bond acceptors (Lipinski definition) is 10. The van der Waals surface area contributed by atoms with E-state index in [4.69, 9.17) is 9.84 Å². The fraction of sp³-hybridized carbons (Fsp3) is 0.523. The predicted octanol–water partition coefficient (Wildman–Crippen LogP) is 3.30. The van der Waals surface area contributed by atoms with Crippen molar-refractivity contribution in [3.8, 4) is 5.75 Å². The van der Waals surface area contributed by atoms with Crippen molar-refractivity contribution in [1.29, 1.82) is 0 Å². The maximum atomic E-state index is 13.6. The fourth-order valence-corrected chi connectivity index (χ4v) is 7.18. The van der Waals surface area contributed by atoms with Crippen LogP contribution in [0.25, 0.3) is 0 Å². The van der Waals surface area contributed by atoms with E-state index in [0.29, 0.717) is 43.5 Å². The van der Waals surface area contributed by atoms with Crippen molar-refractivity contribution < 1.29 is 59.6 Å². The zero-order chi connectivity index (χ0) is 42.0. The molecule has 4 rings (SSSR count). The van der Waals surface area contributed by atoms with E-state index in [1.165, 1.54) is 12.1 Å². The molecular weight excluding hydrogens is 765 g/mol. The average molecular weight is 828 g/mol. The highest BCUT2D eigenvalue weighted by atomic mass is 19.1. The first kappa shape index (κ1) is 48.9. The molecule has 0 aromatic heterocycles. The van der Waals surface area contributed by atoms with Crippen LogP contribution in [-0.2, 0) is 20.9 Å². The molecule has 0 saturated carbocycles. The lowest BCUT2D eigenvalue weighted by Crippen LogP contribution is -2.55. The number of amides is 3. The zero-order valence-electron chi connectivity index (χ0n) is 33.7. The number of unbranched alkanes of at least 4 members (excludes halogenated alkanes) is 7. The third kappa shape index (κ3) is 14.9. The highest BCUT2D eigenvalue weighted by molar-refractivity contribution is 6.03. The van der Waals surface area contributed by atoms with Crippen LogP contribution in [0.1, 0.15) is 106 Å². The number of carbonyl (C=O) groups excluding carboxylic acids is 3. The molecular formula is C44H62FN3O11. The molecule has 0 spiro atoms. The van der Waals surface area contributed by atoms with Gasteiger partial charge in [-0.3, -0.25) is 14.4 Å². The van der Waals surface area contributed by atoms with Gasteiger partial charge in [-0.05, 0) is 78.8 Å². The Balaban J connectivity index is 0.00000930. The number of ether oxygens (including phenoxy) is 1. The number of benzene rings is 3. The van der Waals surface area contributed by atoms with E-state index in [0.717, 1.165) is 61.8 Å². The summed E-state index contributed by atoms with van der Waals surface area (Å²) in [6, 6.07) is 20.7. The van der Waals surface area contributed by atoms with Gasteiger partial charge in [0.25, 0.3) is 0 Å². The third-order valence-corrected chi connectivity index (χ3v) is 10.8. The summed E-state index contributed by atoms with van der Waals surface area (Å²) in [5.41, 5.74) is 3.21. The van der Waals surface area contributed by atoms with E-state index in [2.05, 4.69) is 10.6 Å². The van der Waals surface area contributed by atoms with Gasteiger partial charge in [-0.25, -0.2) is 4.39 Å². The lowest BCUT2D eigenvalue weighted by atomic mass is 9.78. The van der Waals surface area contributed by atoms with Gasteiger partial charge in [0.15, 0.2) is 0 Å². The second-order valence-electron chi connectivity index (χ2n) is 15.1. The molecule has 15 heteroatoms. The molecule has 326 valence electrons. The van der Waals surface area contributed by atoms with Crippen LogP contribution in [0.4, 0.5) is 10.1 Å².